The molecule has 3 N–H and O–H groups in total. The predicted molar refractivity (Wildman–Crippen MR) is 127 cm³/mol. The number of para-hydroxylation sites is 1. The highest BCUT2D eigenvalue weighted by Crippen LogP contribution is 2.19. The zero-order valence-corrected chi connectivity index (χ0v) is 19.0. The van der Waals surface area contributed by atoms with Crippen LogP contribution in [-0.2, 0) is 6.54 Å². The average molecular weight is 508 g/mol. The summed E-state index contributed by atoms with van der Waals surface area (Å²) in [6.07, 6.45) is 2.17. The average Bonchev–Trinajstić information content (AvgIpc) is 2.73. The van der Waals surface area contributed by atoms with Crippen LogP contribution < -0.4 is 15.8 Å². The number of benzene rings is 2. The number of carbonyl (C=O) groups is 1. The molecule has 29 heavy (non-hydrogen) atoms. The lowest BCUT2D eigenvalue weighted by atomic mass is 10.1. The number of hydrogen-bond donors (Lipinski definition) is 2. The minimum atomic E-state index is -0.413. The Labute approximate surface area is 189 Å². The molecule has 3 rings (SSSR count). The summed E-state index contributed by atoms with van der Waals surface area (Å²) in [5, 5.41) is 3.38. The number of nitrogens with one attached hydrogen (secondary N) is 1. The van der Waals surface area contributed by atoms with E-state index in [0.29, 0.717) is 12.1 Å². The first-order valence-corrected chi connectivity index (χ1v) is 9.79. The molecule has 0 radical (unpaired) electrons. The number of rotatable bonds is 6. The molecule has 1 amide bonds. The molecule has 2 aromatic rings. The smallest absolute Gasteiger partial charge is 0.248 e. The number of ether oxygens (including phenoxy) is 1. The van der Waals surface area contributed by atoms with Crippen molar-refractivity contribution in [3.8, 4) is 5.75 Å². The number of aliphatic imine (C=N–C) groups is 1. The summed E-state index contributed by atoms with van der Waals surface area (Å²) in [4.78, 5) is 18.2. The largest absolute Gasteiger partial charge is 0.490 e. The van der Waals surface area contributed by atoms with Gasteiger partial charge in [0.05, 0.1) is 6.54 Å². The molecule has 0 spiro atoms. The second-order valence-electron chi connectivity index (χ2n) is 6.85. The Morgan fingerprint density at radius 3 is 2.38 bits per heavy atom. The van der Waals surface area contributed by atoms with E-state index in [4.69, 9.17) is 15.5 Å². The first-order valence-electron chi connectivity index (χ1n) is 9.79. The second kappa shape index (κ2) is 11.6. The molecule has 1 aliphatic rings. The van der Waals surface area contributed by atoms with Gasteiger partial charge in [-0.2, -0.15) is 0 Å². The Balaban J connectivity index is 0.00000300. The number of carbonyl (C=O) groups excluding carboxylic acids is 1. The highest BCUT2D eigenvalue weighted by Gasteiger charge is 2.22. The van der Waals surface area contributed by atoms with Crippen molar-refractivity contribution in [3.63, 3.8) is 0 Å². The molecule has 156 valence electrons. The van der Waals surface area contributed by atoms with Crippen LogP contribution in [0.3, 0.4) is 0 Å². The molecule has 0 atom stereocenters. The Morgan fingerprint density at radius 2 is 1.79 bits per heavy atom. The Hall–Kier alpha value is -2.29. The minimum absolute atomic E-state index is 0. The van der Waals surface area contributed by atoms with Crippen LogP contribution >= 0.6 is 24.0 Å². The van der Waals surface area contributed by atoms with Gasteiger partial charge in [-0.05, 0) is 36.8 Å². The lowest BCUT2D eigenvalue weighted by Crippen LogP contribution is -2.47. The van der Waals surface area contributed by atoms with Crippen LogP contribution in [0.25, 0.3) is 0 Å². The fraction of sp³-hybridized carbons (Fsp3) is 0.364. The minimum Gasteiger partial charge on any atom is -0.490 e. The third-order valence-corrected chi connectivity index (χ3v) is 4.77. The number of nitrogens with two attached hydrogens (primary N) is 1. The van der Waals surface area contributed by atoms with Gasteiger partial charge in [0.1, 0.15) is 11.9 Å². The lowest BCUT2D eigenvalue weighted by Gasteiger charge is -2.34. The number of amides is 1. The number of halogens is 1. The van der Waals surface area contributed by atoms with Crippen molar-refractivity contribution in [2.75, 3.05) is 19.6 Å². The van der Waals surface area contributed by atoms with Gasteiger partial charge in [0.15, 0.2) is 5.96 Å². The van der Waals surface area contributed by atoms with Gasteiger partial charge >= 0.3 is 0 Å². The van der Waals surface area contributed by atoms with Crippen LogP contribution in [0.15, 0.2) is 59.6 Å². The maximum atomic E-state index is 11.2. The van der Waals surface area contributed by atoms with Gasteiger partial charge in [-0.25, -0.2) is 4.99 Å². The van der Waals surface area contributed by atoms with E-state index in [1.54, 1.807) is 12.1 Å². The third-order valence-electron chi connectivity index (χ3n) is 4.77. The van der Waals surface area contributed by atoms with Crippen LogP contribution in [0.4, 0.5) is 0 Å². The zero-order chi connectivity index (χ0) is 19.8. The van der Waals surface area contributed by atoms with Gasteiger partial charge in [-0.15, -0.1) is 24.0 Å². The molecule has 2 aromatic carbocycles. The maximum absolute atomic E-state index is 11.2. The summed E-state index contributed by atoms with van der Waals surface area (Å²) in [6.45, 7) is 5.26. The number of nitrogens with zero attached hydrogens (tertiary/aromatic N) is 2. The van der Waals surface area contributed by atoms with Crippen LogP contribution in [0.2, 0.25) is 0 Å². The van der Waals surface area contributed by atoms with Gasteiger partial charge in [0.25, 0.3) is 0 Å². The van der Waals surface area contributed by atoms with E-state index < -0.39 is 5.91 Å². The van der Waals surface area contributed by atoms with Crippen molar-refractivity contribution in [1.29, 1.82) is 0 Å². The molecule has 1 heterocycles. The Morgan fingerprint density at radius 1 is 1.14 bits per heavy atom. The quantitative estimate of drug-likeness (QED) is 0.356. The van der Waals surface area contributed by atoms with Gasteiger partial charge in [0, 0.05) is 38.0 Å². The summed E-state index contributed by atoms with van der Waals surface area (Å²) in [6, 6.07) is 17.3. The highest BCUT2D eigenvalue weighted by molar-refractivity contribution is 14.0. The number of primary amides is 1. The first kappa shape index (κ1) is 23.0. The van der Waals surface area contributed by atoms with Gasteiger partial charge in [-0.3, -0.25) is 4.79 Å². The van der Waals surface area contributed by atoms with Crippen LogP contribution in [-0.4, -0.2) is 42.5 Å². The molecule has 6 nitrogen and oxygen atoms in total. The lowest BCUT2D eigenvalue weighted by molar-refractivity contribution is 0.1000. The van der Waals surface area contributed by atoms with E-state index in [1.807, 2.05) is 42.5 Å². The molecule has 7 heteroatoms. The van der Waals surface area contributed by atoms with Crippen molar-refractivity contribution < 1.29 is 9.53 Å². The monoisotopic (exact) mass is 508 g/mol. The topological polar surface area (TPSA) is 79.9 Å². The summed E-state index contributed by atoms with van der Waals surface area (Å²) < 4.78 is 6.08. The summed E-state index contributed by atoms with van der Waals surface area (Å²) in [5.41, 5.74) is 6.85. The normalized spacial score (nSPS) is 14.8. The number of likely N-dealkylation sites (tertiary alicyclic amines) is 1. The predicted octanol–water partition coefficient (Wildman–Crippen LogP) is 3.41. The van der Waals surface area contributed by atoms with Crippen molar-refractivity contribution in [3.05, 3.63) is 65.7 Å². The van der Waals surface area contributed by atoms with E-state index in [0.717, 1.165) is 49.7 Å². The molecule has 1 fully saturated rings. The second-order valence-corrected chi connectivity index (χ2v) is 6.85. The van der Waals surface area contributed by atoms with E-state index in [-0.39, 0.29) is 30.1 Å². The van der Waals surface area contributed by atoms with Crippen LogP contribution in [0.5, 0.6) is 5.75 Å². The molecular weight excluding hydrogens is 479 g/mol. The molecular formula is C22H29IN4O2. The first-order chi connectivity index (χ1) is 13.7. The Kier molecular flexibility index (Phi) is 9.24. The van der Waals surface area contributed by atoms with E-state index in [9.17, 15) is 4.79 Å². The van der Waals surface area contributed by atoms with E-state index >= 15 is 0 Å². The molecule has 0 aliphatic carbocycles. The third kappa shape index (κ3) is 6.92. The molecule has 0 saturated carbocycles. The summed E-state index contributed by atoms with van der Waals surface area (Å²) >= 11 is 0. The standard InChI is InChI=1S/C22H28N4O2.HI/c1-2-24-22(25-16-17-8-10-18(11-9-17)21(23)27)26-14-12-20(13-15-26)28-19-6-4-3-5-7-19;/h3-11,20H,2,12-16H2,1H3,(H2,23,27)(H,24,25);1H. The number of guanidine groups is 1. The summed E-state index contributed by atoms with van der Waals surface area (Å²) in [7, 11) is 0. The van der Waals surface area contributed by atoms with Crippen molar-refractivity contribution in [2.24, 2.45) is 10.7 Å². The molecule has 1 aliphatic heterocycles. The maximum Gasteiger partial charge on any atom is 0.248 e. The van der Waals surface area contributed by atoms with Crippen LogP contribution in [0, 0.1) is 0 Å². The van der Waals surface area contributed by atoms with Gasteiger partial charge in [-0.1, -0.05) is 30.3 Å². The highest BCUT2D eigenvalue weighted by atomic mass is 127. The molecule has 0 unspecified atom stereocenters. The van der Waals surface area contributed by atoms with Gasteiger partial charge in [0.2, 0.25) is 5.91 Å². The van der Waals surface area contributed by atoms with Crippen LogP contribution in [0.1, 0.15) is 35.7 Å². The van der Waals surface area contributed by atoms with E-state index in [2.05, 4.69) is 17.1 Å². The van der Waals surface area contributed by atoms with E-state index in [1.165, 1.54) is 0 Å². The molecule has 0 aromatic heterocycles. The SMILES string of the molecule is CCNC(=NCc1ccc(C(N)=O)cc1)N1CCC(Oc2ccccc2)CC1.I. The number of hydrogen-bond acceptors (Lipinski definition) is 3. The zero-order valence-electron chi connectivity index (χ0n) is 16.7. The number of piperidine rings is 1. The summed E-state index contributed by atoms with van der Waals surface area (Å²) in [5.74, 6) is 1.43. The van der Waals surface area contributed by atoms with Crippen molar-refractivity contribution in [1.82, 2.24) is 10.2 Å². The van der Waals surface area contributed by atoms with Gasteiger partial charge < -0.3 is 20.7 Å². The Bertz CT molecular complexity index is 788. The van der Waals surface area contributed by atoms with Crippen molar-refractivity contribution >= 4 is 35.8 Å². The fourth-order valence-electron chi connectivity index (χ4n) is 3.24. The van der Waals surface area contributed by atoms with Crippen molar-refractivity contribution in [2.45, 2.75) is 32.4 Å². The fourth-order valence-corrected chi connectivity index (χ4v) is 3.24. The molecule has 1 saturated heterocycles. The molecule has 0 bridgehead atoms.